The molecule has 1 aromatic heterocycles. The van der Waals surface area contributed by atoms with Crippen molar-refractivity contribution in [2.75, 3.05) is 19.6 Å². The van der Waals surface area contributed by atoms with Crippen LogP contribution in [0.1, 0.15) is 83.5 Å². The van der Waals surface area contributed by atoms with Gasteiger partial charge in [0.05, 0.1) is 11.0 Å². The van der Waals surface area contributed by atoms with Crippen molar-refractivity contribution in [1.82, 2.24) is 14.8 Å². The van der Waals surface area contributed by atoms with E-state index in [1.807, 2.05) is 20.8 Å². The van der Waals surface area contributed by atoms with Crippen molar-refractivity contribution in [3.63, 3.8) is 0 Å². The molecule has 2 aliphatic heterocycles. The first-order chi connectivity index (χ1) is 17.2. The van der Waals surface area contributed by atoms with Crippen molar-refractivity contribution >= 4 is 11.9 Å². The summed E-state index contributed by atoms with van der Waals surface area (Å²) in [7, 11) is 0. The smallest absolute Gasteiger partial charge is 0.417 e. The van der Waals surface area contributed by atoms with Crippen molar-refractivity contribution in [2.24, 2.45) is 17.3 Å². The van der Waals surface area contributed by atoms with E-state index in [-0.39, 0.29) is 36.3 Å². The van der Waals surface area contributed by atoms with E-state index in [1.54, 1.807) is 4.90 Å². The Bertz CT molecular complexity index is 1020. The molecule has 3 heterocycles. The first-order valence-electron chi connectivity index (χ1n) is 13.5. The molecule has 0 radical (unpaired) electrons. The molecule has 1 aromatic rings. The summed E-state index contributed by atoms with van der Waals surface area (Å²) >= 11 is 0. The van der Waals surface area contributed by atoms with Gasteiger partial charge >= 0.3 is 12.1 Å². The van der Waals surface area contributed by atoms with Crippen LogP contribution in [0.4, 0.5) is 13.2 Å². The fraction of sp³-hybridized carbons (Fsp3) is 0.750. The number of esters is 1. The second-order valence-electron chi connectivity index (χ2n) is 12.5. The minimum absolute atomic E-state index is 0.0533. The van der Waals surface area contributed by atoms with E-state index in [4.69, 9.17) is 4.74 Å². The standard InChI is InChI=1S/C28H40F3N3O3/c1-18(2)27(25(36)34-11-8-23-20(17-34)13-21(15-32-23)28(29,30)31)9-6-22(14-27)33-10-7-19(16-33)12-24(35)37-26(3,4)5/h13,15,18-19,22H,6-12,14,16-17H2,1-5H3/t19?,22?,27-/m0/s1. The molecule has 2 unspecified atom stereocenters. The molecule has 9 heteroatoms. The summed E-state index contributed by atoms with van der Waals surface area (Å²) in [4.78, 5) is 34.5. The summed E-state index contributed by atoms with van der Waals surface area (Å²) in [6.45, 7) is 12.2. The van der Waals surface area contributed by atoms with Crippen LogP contribution in [0.5, 0.6) is 0 Å². The van der Waals surface area contributed by atoms with Crippen molar-refractivity contribution in [2.45, 2.75) is 97.5 Å². The van der Waals surface area contributed by atoms with Crippen LogP contribution in [0.3, 0.4) is 0 Å². The van der Waals surface area contributed by atoms with Gasteiger partial charge in [-0.1, -0.05) is 13.8 Å². The van der Waals surface area contributed by atoms with Crippen LogP contribution in [0.15, 0.2) is 12.3 Å². The van der Waals surface area contributed by atoms with E-state index >= 15 is 0 Å². The normalized spacial score (nSPS) is 27.0. The zero-order valence-corrected chi connectivity index (χ0v) is 22.7. The molecule has 1 saturated heterocycles. The molecule has 0 aromatic carbocycles. The third kappa shape index (κ3) is 6.13. The predicted molar refractivity (Wildman–Crippen MR) is 133 cm³/mol. The Morgan fingerprint density at radius 3 is 2.57 bits per heavy atom. The van der Waals surface area contributed by atoms with Gasteiger partial charge in [-0.05, 0) is 76.5 Å². The molecule has 206 valence electrons. The van der Waals surface area contributed by atoms with Gasteiger partial charge in [0.2, 0.25) is 5.91 Å². The molecule has 3 atom stereocenters. The third-order valence-corrected chi connectivity index (χ3v) is 8.42. The van der Waals surface area contributed by atoms with Gasteiger partial charge in [-0.15, -0.1) is 0 Å². The molecular formula is C28H40F3N3O3. The monoisotopic (exact) mass is 523 g/mol. The van der Waals surface area contributed by atoms with Crippen molar-refractivity contribution in [3.8, 4) is 0 Å². The number of rotatable bonds is 5. The van der Waals surface area contributed by atoms with E-state index in [2.05, 4.69) is 23.7 Å². The molecule has 3 aliphatic rings. The minimum atomic E-state index is -4.46. The Morgan fingerprint density at radius 1 is 1.19 bits per heavy atom. The second-order valence-corrected chi connectivity index (χ2v) is 12.5. The lowest BCUT2D eigenvalue weighted by molar-refractivity contribution is -0.156. The molecule has 6 nitrogen and oxygen atoms in total. The summed E-state index contributed by atoms with van der Waals surface area (Å²) in [6, 6.07) is 1.42. The molecule has 1 amide bonds. The quantitative estimate of drug-likeness (QED) is 0.495. The van der Waals surface area contributed by atoms with Crippen molar-refractivity contribution in [1.29, 1.82) is 0 Å². The highest BCUT2D eigenvalue weighted by atomic mass is 19.4. The first kappa shape index (κ1) is 27.9. The number of pyridine rings is 1. The van der Waals surface area contributed by atoms with E-state index in [0.717, 1.165) is 51.0 Å². The van der Waals surface area contributed by atoms with Crippen LogP contribution in [0, 0.1) is 17.3 Å². The van der Waals surface area contributed by atoms with Gasteiger partial charge in [-0.3, -0.25) is 14.6 Å². The van der Waals surface area contributed by atoms with Gasteiger partial charge in [0.1, 0.15) is 5.60 Å². The van der Waals surface area contributed by atoms with Crippen LogP contribution in [-0.4, -0.2) is 57.9 Å². The van der Waals surface area contributed by atoms with Gasteiger partial charge in [-0.25, -0.2) is 0 Å². The highest BCUT2D eigenvalue weighted by molar-refractivity contribution is 5.83. The molecule has 1 aliphatic carbocycles. The Labute approximate surface area is 217 Å². The highest BCUT2D eigenvalue weighted by Crippen LogP contribution is 2.48. The van der Waals surface area contributed by atoms with Crippen molar-refractivity contribution < 1.29 is 27.5 Å². The number of hydrogen-bond donors (Lipinski definition) is 0. The molecule has 0 spiro atoms. The first-order valence-corrected chi connectivity index (χ1v) is 13.5. The highest BCUT2D eigenvalue weighted by Gasteiger charge is 2.51. The Morgan fingerprint density at radius 2 is 1.92 bits per heavy atom. The number of carbonyl (C=O) groups is 2. The van der Waals surface area contributed by atoms with Gasteiger partial charge in [-0.2, -0.15) is 13.2 Å². The Kier molecular flexibility index (Phi) is 7.68. The lowest BCUT2D eigenvalue weighted by Crippen LogP contribution is -2.48. The lowest BCUT2D eigenvalue weighted by Gasteiger charge is -2.40. The fourth-order valence-electron chi connectivity index (χ4n) is 6.38. The maximum atomic E-state index is 14.0. The van der Waals surface area contributed by atoms with Crippen LogP contribution in [0.2, 0.25) is 0 Å². The van der Waals surface area contributed by atoms with Crippen LogP contribution in [-0.2, 0) is 33.5 Å². The fourth-order valence-corrected chi connectivity index (χ4v) is 6.38. The topological polar surface area (TPSA) is 62.7 Å². The molecule has 2 fully saturated rings. The number of likely N-dealkylation sites (tertiary alicyclic amines) is 1. The number of nitrogens with zero attached hydrogens (tertiary/aromatic N) is 3. The summed E-state index contributed by atoms with van der Waals surface area (Å²) in [5.41, 5.74) is -0.645. The average Bonchev–Trinajstić information content (AvgIpc) is 3.44. The Balaban J connectivity index is 1.41. The lowest BCUT2D eigenvalue weighted by atomic mass is 9.74. The average molecular weight is 524 g/mol. The van der Waals surface area contributed by atoms with E-state index in [1.165, 1.54) is 0 Å². The number of hydrogen-bond acceptors (Lipinski definition) is 5. The largest absolute Gasteiger partial charge is 0.460 e. The third-order valence-electron chi connectivity index (χ3n) is 8.42. The summed E-state index contributed by atoms with van der Waals surface area (Å²) in [5, 5.41) is 0. The maximum Gasteiger partial charge on any atom is 0.417 e. The molecule has 37 heavy (non-hydrogen) atoms. The SMILES string of the molecule is CC(C)[C@]1(C(=O)N2CCc3ncc(C(F)(F)F)cc3C2)CCC(N2CCC(CC(=O)OC(C)(C)C)C2)C1. The number of fused-ring (bicyclic) bond motifs is 1. The summed E-state index contributed by atoms with van der Waals surface area (Å²) in [5.74, 6) is 0.267. The second kappa shape index (κ2) is 10.2. The number of halogens is 3. The summed E-state index contributed by atoms with van der Waals surface area (Å²) < 4.78 is 45.2. The van der Waals surface area contributed by atoms with E-state index in [9.17, 15) is 22.8 Å². The molecule has 1 saturated carbocycles. The van der Waals surface area contributed by atoms with Crippen molar-refractivity contribution in [3.05, 3.63) is 29.1 Å². The van der Waals surface area contributed by atoms with Crippen LogP contribution >= 0.6 is 0 Å². The van der Waals surface area contributed by atoms with Gasteiger partial charge in [0.25, 0.3) is 0 Å². The Hall–Kier alpha value is -2.16. The summed E-state index contributed by atoms with van der Waals surface area (Å²) in [6.07, 6.45) is 0.676. The van der Waals surface area contributed by atoms with Gasteiger partial charge in [0.15, 0.2) is 0 Å². The number of ether oxygens (including phenoxy) is 1. The number of carbonyl (C=O) groups excluding carboxylic acids is 2. The minimum Gasteiger partial charge on any atom is -0.460 e. The maximum absolute atomic E-state index is 14.0. The number of amides is 1. The van der Waals surface area contributed by atoms with Gasteiger partial charge < -0.3 is 14.5 Å². The zero-order valence-electron chi connectivity index (χ0n) is 22.7. The zero-order chi connectivity index (χ0) is 27.2. The molecule has 4 rings (SSSR count). The van der Waals surface area contributed by atoms with Crippen LogP contribution in [0.25, 0.3) is 0 Å². The van der Waals surface area contributed by atoms with Gasteiger partial charge in [0, 0.05) is 50.4 Å². The number of aromatic nitrogens is 1. The van der Waals surface area contributed by atoms with Crippen LogP contribution < -0.4 is 0 Å². The molecule has 0 N–H and O–H groups in total. The van der Waals surface area contributed by atoms with E-state index in [0.29, 0.717) is 30.6 Å². The molecule has 0 bridgehead atoms. The predicted octanol–water partition coefficient (Wildman–Crippen LogP) is 5.23. The number of alkyl halides is 3. The van der Waals surface area contributed by atoms with E-state index < -0.39 is 22.8 Å². The molecular weight excluding hydrogens is 483 g/mol.